The van der Waals surface area contributed by atoms with E-state index in [1.165, 1.54) is 6.07 Å². The molecule has 1 fully saturated rings. The van der Waals surface area contributed by atoms with Gasteiger partial charge in [0, 0.05) is 0 Å². The topological polar surface area (TPSA) is 38.3 Å². The quantitative estimate of drug-likeness (QED) is 0.706. The van der Waals surface area contributed by atoms with E-state index in [1.807, 2.05) is 0 Å². The lowest BCUT2D eigenvalue weighted by Crippen LogP contribution is -2.26. The van der Waals surface area contributed by atoms with Crippen LogP contribution >= 0.6 is 0 Å². The fraction of sp³-hybridized carbons (Fsp3) is 0.364. The molecule has 0 aromatic heterocycles. The van der Waals surface area contributed by atoms with Crippen molar-refractivity contribution in [3.8, 4) is 5.75 Å². The van der Waals surface area contributed by atoms with E-state index in [0.29, 0.717) is 5.69 Å². The molecule has 78 valence electrons. The van der Waals surface area contributed by atoms with Crippen LogP contribution < -0.4 is 10.1 Å². The van der Waals surface area contributed by atoms with Gasteiger partial charge in [-0.15, -0.1) is 0 Å². The summed E-state index contributed by atoms with van der Waals surface area (Å²) in [5.74, 6) is -0.313. The molecule has 0 radical (unpaired) electrons. The predicted molar refractivity (Wildman–Crippen MR) is 52.2 cm³/mol. The summed E-state index contributed by atoms with van der Waals surface area (Å²) in [5.41, 5.74) is 0.0367. The molecule has 1 aromatic rings. The maximum atomic E-state index is 13.4. The molecule has 1 aliphatic heterocycles. The molecule has 4 heteroatoms. The number of amides is 1. The molecular formula is C11H10FNO2. The van der Waals surface area contributed by atoms with Crippen molar-refractivity contribution >= 4 is 11.6 Å². The van der Waals surface area contributed by atoms with E-state index in [2.05, 4.69) is 5.32 Å². The lowest BCUT2D eigenvalue weighted by Gasteiger charge is -2.08. The average molecular weight is 207 g/mol. The van der Waals surface area contributed by atoms with Gasteiger partial charge in [0.1, 0.15) is 6.61 Å². The molecule has 1 N–H and O–H groups in total. The number of anilines is 1. The van der Waals surface area contributed by atoms with E-state index in [-0.39, 0.29) is 18.3 Å². The minimum absolute atomic E-state index is 0.0492. The van der Waals surface area contributed by atoms with Gasteiger partial charge in [-0.2, -0.15) is 0 Å². The van der Waals surface area contributed by atoms with Crippen LogP contribution in [0.5, 0.6) is 5.75 Å². The van der Waals surface area contributed by atoms with Crippen molar-refractivity contribution in [2.24, 2.45) is 5.41 Å². The summed E-state index contributed by atoms with van der Waals surface area (Å²) in [5, 5.41) is 2.71. The Morgan fingerprint density at radius 3 is 2.93 bits per heavy atom. The average Bonchev–Trinajstić information content (AvgIpc) is 2.98. The van der Waals surface area contributed by atoms with Gasteiger partial charge in [0.2, 0.25) is 5.91 Å². The third-order valence-corrected chi connectivity index (χ3v) is 3.04. The second-order valence-electron chi connectivity index (χ2n) is 4.14. The first-order chi connectivity index (χ1) is 7.21. The number of carbonyl (C=O) groups is 1. The minimum atomic E-state index is -0.425. The Morgan fingerprint density at radius 2 is 2.20 bits per heavy atom. The fourth-order valence-electron chi connectivity index (χ4n) is 1.81. The molecule has 1 spiro atoms. The number of benzene rings is 1. The predicted octanol–water partition coefficient (Wildman–Crippen LogP) is 1.94. The fourth-order valence-corrected chi connectivity index (χ4v) is 1.81. The number of hydrogen-bond acceptors (Lipinski definition) is 2. The molecule has 1 aliphatic carbocycles. The van der Waals surface area contributed by atoms with Gasteiger partial charge in [-0.3, -0.25) is 4.79 Å². The molecule has 0 atom stereocenters. The maximum absolute atomic E-state index is 13.4. The molecule has 2 aliphatic rings. The van der Waals surface area contributed by atoms with Crippen LogP contribution in [0.25, 0.3) is 0 Å². The Hall–Kier alpha value is -1.58. The molecule has 0 bridgehead atoms. The molecule has 15 heavy (non-hydrogen) atoms. The number of para-hydroxylation sites is 1. The highest BCUT2D eigenvalue weighted by atomic mass is 19.1. The monoisotopic (exact) mass is 207 g/mol. The van der Waals surface area contributed by atoms with Gasteiger partial charge in [-0.05, 0) is 25.0 Å². The third-order valence-electron chi connectivity index (χ3n) is 3.04. The van der Waals surface area contributed by atoms with Gasteiger partial charge < -0.3 is 10.1 Å². The number of rotatable bonds is 0. The molecule has 1 aromatic carbocycles. The van der Waals surface area contributed by atoms with Crippen LogP contribution in [0.2, 0.25) is 0 Å². The Balaban J connectivity index is 2.04. The number of ether oxygens (including phenoxy) is 1. The van der Waals surface area contributed by atoms with Crippen molar-refractivity contribution in [1.29, 1.82) is 0 Å². The lowest BCUT2D eigenvalue weighted by atomic mass is 10.1. The van der Waals surface area contributed by atoms with Crippen LogP contribution in [0.15, 0.2) is 18.2 Å². The number of carbonyl (C=O) groups excluding carboxylic acids is 1. The Kier molecular flexibility index (Phi) is 1.58. The second-order valence-corrected chi connectivity index (χ2v) is 4.14. The lowest BCUT2D eigenvalue weighted by molar-refractivity contribution is -0.121. The van der Waals surface area contributed by atoms with E-state index >= 15 is 0 Å². The summed E-state index contributed by atoms with van der Waals surface area (Å²) in [6.45, 7) is 0.284. The van der Waals surface area contributed by atoms with Gasteiger partial charge >= 0.3 is 0 Å². The van der Waals surface area contributed by atoms with Gasteiger partial charge in [0.15, 0.2) is 11.6 Å². The normalized spacial score (nSPS) is 21.3. The molecule has 1 heterocycles. The first-order valence-electron chi connectivity index (χ1n) is 4.94. The number of nitrogens with one attached hydrogen (secondary N) is 1. The zero-order valence-electron chi connectivity index (χ0n) is 8.05. The van der Waals surface area contributed by atoms with E-state index < -0.39 is 11.2 Å². The van der Waals surface area contributed by atoms with Crippen molar-refractivity contribution in [3.05, 3.63) is 24.0 Å². The zero-order chi connectivity index (χ0) is 10.5. The number of halogens is 1. The maximum Gasteiger partial charge on any atom is 0.234 e. The largest absolute Gasteiger partial charge is 0.487 e. The third kappa shape index (κ3) is 1.21. The van der Waals surface area contributed by atoms with Crippen LogP contribution in [0.1, 0.15) is 12.8 Å². The summed E-state index contributed by atoms with van der Waals surface area (Å²) in [6.07, 6.45) is 1.66. The SMILES string of the molecule is O=C1Nc2cccc(F)c2OCC12CC2. The van der Waals surface area contributed by atoms with Gasteiger partial charge in [0.05, 0.1) is 11.1 Å². The van der Waals surface area contributed by atoms with Crippen molar-refractivity contribution in [2.45, 2.75) is 12.8 Å². The molecule has 1 saturated carbocycles. The highest BCUT2D eigenvalue weighted by molar-refractivity contribution is 5.99. The molecule has 0 saturated heterocycles. The van der Waals surface area contributed by atoms with E-state index in [1.54, 1.807) is 12.1 Å². The summed E-state index contributed by atoms with van der Waals surface area (Å²) < 4.78 is 18.7. The molecule has 3 rings (SSSR count). The van der Waals surface area contributed by atoms with Crippen LogP contribution in [0, 0.1) is 11.2 Å². The van der Waals surface area contributed by atoms with Crippen molar-refractivity contribution < 1.29 is 13.9 Å². The molecule has 3 nitrogen and oxygen atoms in total. The Labute approximate surface area is 86.2 Å². The van der Waals surface area contributed by atoms with Gasteiger partial charge in [0.25, 0.3) is 0 Å². The Bertz CT molecular complexity index is 440. The standard InChI is InChI=1S/C11H10FNO2/c12-7-2-1-3-8-9(7)15-6-11(4-5-11)10(14)13-8/h1-3H,4-6H2,(H,13,14). The Morgan fingerprint density at radius 1 is 1.40 bits per heavy atom. The summed E-state index contributed by atoms with van der Waals surface area (Å²) in [6, 6.07) is 4.54. The zero-order valence-corrected chi connectivity index (χ0v) is 8.05. The summed E-state index contributed by atoms with van der Waals surface area (Å²) in [4.78, 5) is 11.8. The van der Waals surface area contributed by atoms with Crippen LogP contribution in [-0.4, -0.2) is 12.5 Å². The van der Waals surface area contributed by atoms with Crippen molar-refractivity contribution in [1.82, 2.24) is 0 Å². The molecule has 0 unspecified atom stereocenters. The first-order valence-corrected chi connectivity index (χ1v) is 4.94. The van der Waals surface area contributed by atoms with E-state index in [4.69, 9.17) is 4.74 Å². The smallest absolute Gasteiger partial charge is 0.234 e. The molecule has 1 amide bonds. The second kappa shape index (κ2) is 2.72. The van der Waals surface area contributed by atoms with Crippen LogP contribution in [0.4, 0.5) is 10.1 Å². The number of hydrogen-bond donors (Lipinski definition) is 1. The highest BCUT2D eigenvalue weighted by Crippen LogP contribution is 2.49. The first kappa shape index (κ1) is 8.71. The highest BCUT2D eigenvalue weighted by Gasteiger charge is 2.52. The van der Waals surface area contributed by atoms with Crippen molar-refractivity contribution in [3.63, 3.8) is 0 Å². The minimum Gasteiger partial charge on any atom is -0.487 e. The van der Waals surface area contributed by atoms with Crippen LogP contribution in [-0.2, 0) is 4.79 Å². The summed E-state index contributed by atoms with van der Waals surface area (Å²) >= 11 is 0. The van der Waals surface area contributed by atoms with E-state index in [0.717, 1.165) is 12.8 Å². The van der Waals surface area contributed by atoms with E-state index in [9.17, 15) is 9.18 Å². The van der Waals surface area contributed by atoms with Gasteiger partial charge in [-0.25, -0.2) is 4.39 Å². The number of fused-ring (bicyclic) bond motifs is 1. The molecular weight excluding hydrogens is 197 g/mol. The van der Waals surface area contributed by atoms with Gasteiger partial charge in [-0.1, -0.05) is 6.07 Å². The van der Waals surface area contributed by atoms with Crippen molar-refractivity contribution in [2.75, 3.05) is 11.9 Å². The summed E-state index contributed by atoms with van der Waals surface area (Å²) in [7, 11) is 0. The van der Waals surface area contributed by atoms with Crippen LogP contribution in [0.3, 0.4) is 0 Å².